The van der Waals surface area contributed by atoms with E-state index in [0.29, 0.717) is 6.42 Å². The summed E-state index contributed by atoms with van der Waals surface area (Å²) in [7, 11) is 0. The van der Waals surface area contributed by atoms with Gasteiger partial charge in [-0.2, -0.15) is 0 Å². The summed E-state index contributed by atoms with van der Waals surface area (Å²) in [6, 6.07) is 0.0268. The Hall–Kier alpha value is -0.730. The first-order valence-corrected chi connectivity index (χ1v) is 9.16. The van der Waals surface area contributed by atoms with E-state index in [4.69, 9.17) is 9.47 Å². The summed E-state index contributed by atoms with van der Waals surface area (Å²) in [6.07, 6.45) is 3.31. The maximum Gasteiger partial charge on any atom is 0.509 e. The molecule has 0 aromatic carbocycles. The average molecular weight is 429 g/mol. The van der Waals surface area contributed by atoms with Gasteiger partial charge in [-0.15, -0.1) is 0 Å². The fraction of sp³-hybridized carbons (Fsp3) is 0.867. The van der Waals surface area contributed by atoms with E-state index in [0.717, 1.165) is 25.7 Å². The molecule has 0 fully saturated rings. The summed E-state index contributed by atoms with van der Waals surface area (Å²) in [4.78, 5) is 22.9. The van der Waals surface area contributed by atoms with Gasteiger partial charge in [-0.05, 0) is 62.6 Å². The Bertz CT molecular complexity index is 330. The molecule has 0 heterocycles. The number of nitrogens with one attached hydrogen (secondary N) is 1. The van der Waals surface area contributed by atoms with Crippen LogP contribution in [0, 0.1) is 0 Å². The molecule has 0 aliphatic heterocycles. The molecule has 0 bridgehead atoms. The molecule has 1 atom stereocenters. The summed E-state index contributed by atoms with van der Waals surface area (Å²) < 4.78 is 15.1. The molecule has 0 rings (SSSR count). The molecule has 0 aromatic heterocycles. The number of hydrogen-bond donors (Lipinski definition) is 1. The van der Waals surface area contributed by atoms with E-state index in [2.05, 4.69) is 17.0 Å². The maximum atomic E-state index is 11.8. The molecule has 0 aromatic rings. The zero-order valence-electron chi connectivity index (χ0n) is 13.9. The highest BCUT2D eigenvalue weighted by Crippen LogP contribution is 2.11. The first-order chi connectivity index (χ1) is 10.3. The van der Waals surface area contributed by atoms with Gasteiger partial charge < -0.3 is 19.5 Å². The lowest BCUT2D eigenvalue weighted by molar-refractivity contribution is 0.0485. The first kappa shape index (κ1) is 21.3. The van der Waals surface area contributed by atoms with Crippen LogP contribution >= 0.6 is 22.6 Å². The van der Waals surface area contributed by atoms with Crippen LogP contribution in [-0.4, -0.2) is 35.1 Å². The van der Waals surface area contributed by atoms with Crippen LogP contribution in [0.3, 0.4) is 0 Å². The van der Waals surface area contributed by atoms with Crippen LogP contribution in [0.1, 0.15) is 59.8 Å². The highest BCUT2D eigenvalue weighted by Gasteiger charge is 2.19. The van der Waals surface area contributed by atoms with Gasteiger partial charge in [0.15, 0.2) is 0 Å². The Labute approximate surface area is 146 Å². The number of unbranched alkanes of at least 4 members (excludes halogenated alkanes) is 1. The van der Waals surface area contributed by atoms with Gasteiger partial charge in [0, 0.05) is 6.04 Å². The van der Waals surface area contributed by atoms with E-state index >= 15 is 0 Å². The molecular weight excluding hydrogens is 401 g/mol. The zero-order chi connectivity index (χ0) is 17.0. The van der Waals surface area contributed by atoms with E-state index in [9.17, 15) is 9.59 Å². The summed E-state index contributed by atoms with van der Waals surface area (Å²) in [5, 5.41) is 2.89. The topological polar surface area (TPSA) is 73.9 Å². The van der Waals surface area contributed by atoms with Crippen molar-refractivity contribution in [3.05, 3.63) is 0 Å². The third-order valence-corrected chi connectivity index (χ3v) is 3.03. The normalized spacial score (nSPS) is 12.4. The smallest absolute Gasteiger partial charge is 0.444 e. The molecular formula is C15H28INO5. The zero-order valence-corrected chi connectivity index (χ0v) is 16.1. The number of ether oxygens (including phenoxy) is 3. The van der Waals surface area contributed by atoms with Crippen molar-refractivity contribution >= 4 is 34.8 Å². The Kier molecular flexibility index (Phi) is 11.4. The number of carbonyl (C=O) groups excluding carboxylic acids is 2. The second-order valence-electron chi connectivity index (χ2n) is 5.98. The van der Waals surface area contributed by atoms with Gasteiger partial charge in [0.05, 0.1) is 6.61 Å². The van der Waals surface area contributed by atoms with Gasteiger partial charge >= 0.3 is 12.2 Å². The van der Waals surface area contributed by atoms with E-state index in [1.807, 2.05) is 43.4 Å². The predicted molar refractivity (Wildman–Crippen MR) is 93.2 cm³/mol. The van der Waals surface area contributed by atoms with Crippen LogP contribution in [0.2, 0.25) is 0 Å². The molecule has 0 aliphatic rings. The lowest BCUT2D eigenvalue weighted by atomic mass is 10.1. The maximum absolute atomic E-state index is 11.8. The molecule has 0 radical (unpaired) electrons. The molecule has 22 heavy (non-hydrogen) atoms. The van der Waals surface area contributed by atoms with Crippen molar-refractivity contribution in [3.63, 3.8) is 0 Å². The Morgan fingerprint density at radius 3 is 2.32 bits per heavy atom. The molecule has 0 saturated heterocycles. The fourth-order valence-electron chi connectivity index (χ4n) is 1.78. The molecule has 0 saturated carbocycles. The molecule has 1 N–H and O–H groups in total. The number of alkyl carbamates (subject to hydrolysis) is 1. The average Bonchev–Trinajstić information content (AvgIpc) is 2.38. The van der Waals surface area contributed by atoms with Gasteiger partial charge in [0.25, 0.3) is 0 Å². The van der Waals surface area contributed by atoms with E-state index in [1.165, 1.54) is 0 Å². The number of alkyl halides is 1. The Balaban J connectivity index is 4.12. The monoisotopic (exact) mass is 429 g/mol. The Morgan fingerprint density at radius 1 is 1.14 bits per heavy atom. The van der Waals surface area contributed by atoms with Crippen LogP contribution in [0.25, 0.3) is 0 Å². The number of amides is 1. The van der Waals surface area contributed by atoms with Crippen LogP contribution in [0.15, 0.2) is 0 Å². The Morgan fingerprint density at radius 2 is 1.77 bits per heavy atom. The SMILES string of the molecule is CCCCC(CCCOC(=O)OCI)NC(=O)OC(C)(C)C. The van der Waals surface area contributed by atoms with Crippen LogP contribution in [0.4, 0.5) is 9.59 Å². The number of rotatable bonds is 9. The lowest BCUT2D eigenvalue weighted by Crippen LogP contribution is -2.39. The molecule has 7 heteroatoms. The summed E-state index contributed by atoms with van der Waals surface area (Å²) in [5.74, 6) is 0. The molecule has 6 nitrogen and oxygen atoms in total. The van der Waals surface area contributed by atoms with Crippen molar-refractivity contribution in [1.29, 1.82) is 0 Å². The second kappa shape index (κ2) is 11.8. The lowest BCUT2D eigenvalue weighted by Gasteiger charge is -2.23. The minimum atomic E-state index is -0.653. The minimum absolute atomic E-state index is 0.0268. The van der Waals surface area contributed by atoms with Crippen LogP contribution in [0.5, 0.6) is 0 Å². The van der Waals surface area contributed by atoms with Crippen LogP contribution < -0.4 is 5.32 Å². The van der Waals surface area contributed by atoms with Crippen molar-refractivity contribution < 1.29 is 23.8 Å². The van der Waals surface area contributed by atoms with Crippen LogP contribution in [-0.2, 0) is 14.2 Å². The summed E-state index contributed by atoms with van der Waals surface area (Å²) >= 11 is 1.93. The van der Waals surface area contributed by atoms with Crippen molar-refractivity contribution in [3.8, 4) is 0 Å². The number of halogens is 1. The summed E-state index contributed by atoms with van der Waals surface area (Å²) in [5.41, 5.74) is -0.508. The van der Waals surface area contributed by atoms with Crippen molar-refractivity contribution in [2.24, 2.45) is 0 Å². The van der Waals surface area contributed by atoms with Gasteiger partial charge in [-0.25, -0.2) is 9.59 Å². The fourth-order valence-corrected chi connectivity index (χ4v) is 2.04. The number of hydrogen-bond acceptors (Lipinski definition) is 5. The standard InChI is InChI=1S/C15H28INO5/c1-5-6-8-12(17-13(18)22-15(2,3)4)9-7-10-20-14(19)21-11-16/h12H,5-11H2,1-4H3,(H,17,18). The summed E-state index contributed by atoms with van der Waals surface area (Å²) in [6.45, 7) is 7.89. The second-order valence-corrected chi connectivity index (χ2v) is 6.60. The molecule has 0 aliphatic carbocycles. The quantitative estimate of drug-likeness (QED) is 0.255. The van der Waals surface area contributed by atoms with E-state index in [1.54, 1.807) is 0 Å². The van der Waals surface area contributed by atoms with E-state index < -0.39 is 17.8 Å². The van der Waals surface area contributed by atoms with Crippen molar-refractivity contribution in [2.75, 3.05) is 11.2 Å². The van der Waals surface area contributed by atoms with E-state index in [-0.39, 0.29) is 17.3 Å². The highest BCUT2D eigenvalue weighted by atomic mass is 127. The predicted octanol–water partition coefficient (Wildman–Crippen LogP) is 4.40. The highest BCUT2D eigenvalue weighted by molar-refractivity contribution is 14.1. The third-order valence-electron chi connectivity index (χ3n) is 2.72. The van der Waals surface area contributed by atoms with Gasteiger partial charge in [-0.1, -0.05) is 19.8 Å². The van der Waals surface area contributed by atoms with Gasteiger partial charge in [0.1, 0.15) is 10.2 Å². The molecule has 1 amide bonds. The third kappa shape index (κ3) is 13.0. The number of carbonyl (C=O) groups is 2. The molecule has 0 spiro atoms. The van der Waals surface area contributed by atoms with Gasteiger partial charge in [0.2, 0.25) is 0 Å². The first-order valence-electron chi connectivity index (χ1n) is 7.63. The van der Waals surface area contributed by atoms with Gasteiger partial charge in [-0.3, -0.25) is 0 Å². The molecule has 130 valence electrons. The van der Waals surface area contributed by atoms with Crippen molar-refractivity contribution in [1.82, 2.24) is 5.32 Å². The minimum Gasteiger partial charge on any atom is -0.444 e. The molecule has 1 unspecified atom stereocenters. The van der Waals surface area contributed by atoms with Crippen molar-refractivity contribution in [2.45, 2.75) is 71.4 Å². The largest absolute Gasteiger partial charge is 0.509 e.